The number of aryl methyl sites for hydroxylation is 1. The van der Waals surface area contributed by atoms with Gasteiger partial charge in [-0.05, 0) is 30.7 Å². The molecule has 0 saturated heterocycles. The summed E-state index contributed by atoms with van der Waals surface area (Å²) in [6.45, 7) is 6.77. The Morgan fingerprint density at radius 1 is 1.32 bits per heavy atom. The molecule has 0 saturated carbocycles. The third-order valence-corrected chi connectivity index (χ3v) is 3.89. The molecule has 0 aliphatic carbocycles. The average Bonchev–Trinajstić information content (AvgIpc) is 2.49. The number of aromatic nitrogens is 2. The monoisotopic (exact) mass is 318 g/mol. The minimum absolute atomic E-state index is 0.0736. The molecule has 5 heteroatoms. The van der Waals surface area contributed by atoms with Gasteiger partial charge in [-0.25, -0.2) is 4.98 Å². The Kier molecular flexibility index (Phi) is 5.66. The van der Waals surface area contributed by atoms with Crippen molar-refractivity contribution in [2.75, 3.05) is 12.9 Å². The van der Waals surface area contributed by atoms with Gasteiger partial charge in [-0.3, -0.25) is 4.79 Å². The number of hydrogen-bond acceptors (Lipinski definition) is 4. The highest BCUT2D eigenvalue weighted by molar-refractivity contribution is 7.98. The third kappa shape index (κ3) is 4.13. The van der Waals surface area contributed by atoms with Crippen LogP contribution in [0.5, 0.6) is 5.75 Å². The first-order chi connectivity index (χ1) is 10.5. The number of H-pyrrole nitrogens is 1. The summed E-state index contributed by atoms with van der Waals surface area (Å²) in [5.41, 5.74) is 2.40. The van der Waals surface area contributed by atoms with Crippen LogP contribution >= 0.6 is 11.8 Å². The van der Waals surface area contributed by atoms with E-state index in [0.717, 1.165) is 17.0 Å². The molecule has 0 atom stereocenters. The highest BCUT2D eigenvalue weighted by Crippen LogP contribution is 2.22. The number of nitrogens with one attached hydrogen (secondary N) is 1. The second-order valence-corrected chi connectivity index (χ2v) is 6.42. The van der Waals surface area contributed by atoms with Gasteiger partial charge in [0.25, 0.3) is 5.56 Å². The van der Waals surface area contributed by atoms with E-state index in [9.17, 15) is 4.79 Å². The van der Waals surface area contributed by atoms with Crippen LogP contribution in [-0.4, -0.2) is 22.8 Å². The van der Waals surface area contributed by atoms with Gasteiger partial charge in [-0.15, -0.1) is 0 Å². The maximum absolute atomic E-state index is 12.3. The van der Waals surface area contributed by atoms with Crippen LogP contribution < -0.4 is 10.3 Å². The lowest BCUT2D eigenvalue weighted by Crippen LogP contribution is -2.18. The smallest absolute Gasteiger partial charge is 0.255 e. The molecular formula is C17H22N2O2S. The van der Waals surface area contributed by atoms with Gasteiger partial charge < -0.3 is 9.72 Å². The van der Waals surface area contributed by atoms with Crippen molar-refractivity contribution in [1.29, 1.82) is 0 Å². The largest absolute Gasteiger partial charge is 0.493 e. The fraction of sp³-hybridized carbons (Fsp3) is 0.412. The van der Waals surface area contributed by atoms with E-state index in [1.807, 2.05) is 37.4 Å². The molecule has 1 aromatic carbocycles. The molecule has 4 nitrogen and oxygen atoms in total. The summed E-state index contributed by atoms with van der Waals surface area (Å²) in [7, 11) is 0. The Bertz CT molecular complexity index is 695. The predicted octanol–water partition coefficient (Wildman–Crippen LogP) is 3.43. The highest BCUT2D eigenvalue weighted by atomic mass is 32.2. The van der Waals surface area contributed by atoms with Crippen LogP contribution in [0.25, 0.3) is 0 Å². The van der Waals surface area contributed by atoms with Gasteiger partial charge in [0.1, 0.15) is 5.75 Å². The molecule has 0 radical (unpaired) electrons. The van der Waals surface area contributed by atoms with E-state index >= 15 is 0 Å². The number of para-hydroxylation sites is 1. The number of nitrogens with zero attached hydrogens (tertiary/aromatic N) is 1. The lowest BCUT2D eigenvalue weighted by Gasteiger charge is -2.13. The van der Waals surface area contributed by atoms with E-state index in [2.05, 4.69) is 23.8 Å². The molecule has 22 heavy (non-hydrogen) atoms. The molecule has 1 N–H and O–H groups in total. The standard InChI is InChI=1S/C17H22N2O2S/c1-11(2)10-21-15-8-6-5-7-13(15)9-14-12(3)18-17(22-4)19-16(14)20/h5-8,11H,9-10H2,1-4H3,(H,18,19,20). The van der Waals surface area contributed by atoms with Crippen molar-refractivity contribution in [3.05, 3.63) is 51.4 Å². The number of thioether (sulfide) groups is 1. The van der Waals surface area contributed by atoms with Gasteiger partial charge >= 0.3 is 0 Å². The van der Waals surface area contributed by atoms with Gasteiger partial charge in [0.05, 0.1) is 6.61 Å². The Balaban J connectivity index is 2.30. The Hall–Kier alpha value is -1.75. The SMILES string of the molecule is CSc1nc(C)c(Cc2ccccc2OCC(C)C)c(=O)[nH]1. The number of ether oxygens (including phenoxy) is 1. The second-order valence-electron chi connectivity index (χ2n) is 5.63. The molecular weight excluding hydrogens is 296 g/mol. The normalized spacial score (nSPS) is 11.0. The molecule has 0 fully saturated rings. The van der Waals surface area contributed by atoms with Crippen molar-refractivity contribution in [2.24, 2.45) is 5.92 Å². The van der Waals surface area contributed by atoms with Crippen LogP contribution in [0.3, 0.4) is 0 Å². The molecule has 118 valence electrons. The first-order valence-corrected chi connectivity index (χ1v) is 8.58. The average molecular weight is 318 g/mol. The van der Waals surface area contributed by atoms with E-state index < -0.39 is 0 Å². The zero-order valence-corrected chi connectivity index (χ0v) is 14.3. The van der Waals surface area contributed by atoms with Crippen LogP contribution in [0, 0.1) is 12.8 Å². The van der Waals surface area contributed by atoms with E-state index in [4.69, 9.17) is 4.74 Å². The minimum Gasteiger partial charge on any atom is -0.493 e. The van der Waals surface area contributed by atoms with Gasteiger partial charge in [0.2, 0.25) is 0 Å². The summed E-state index contributed by atoms with van der Waals surface area (Å²) in [6.07, 6.45) is 2.42. The van der Waals surface area contributed by atoms with Crippen molar-refractivity contribution >= 4 is 11.8 Å². The molecule has 0 aliphatic heterocycles. The number of aromatic amines is 1. The van der Waals surface area contributed by atoms with Crippen molar-refractivity contribution in [3.8, 4) is 5.75 Å². The van der Waals surface area contributed by atoms with Crippen molar-refractivity contribution in [3.63, 3.8) is 0 Å². The number of hydrogen-bond donors (Lipinski definition) is 1. The van der Waals surface area contributed by atoms with Crippen LogP contribution in [0.1, 0.15) is 30.7 Å². The molecule has 0 aliphatic rings. The predicted molar refractivity (Wildman–Crippen MR) is 91.0 cm³/mol. The summed E-state index contributed by atoms with van der Waals surface area (Å²) in [5, 5.41) is 0.649. The maximum atomic E-state index is 12.3. The zero-order valence-electron chi connectivity index (χ0n) is 13.5. The summed E-state index contributed by atoms with van der Waals surface area (Å²) in [6, 6.07) is 7.86. The third-order valence-electron chi connectivity index (χ3n) is 3.31. The molecule has 0 unspecified atom stereocenters. The minimum atomic E-state index is -0.0736. The lowest BCUT2D eigenvalue weighted by atomic mass is 10.0. The molecule has 2 aromatic rings. The Morgan fingerprint density at radius 3 is 2.68 bits per heavy atom. The van der Waals surface area contributed by atoms with Gasteiger partial charge in [-0.1, -0.05) is 43.8 Å². The molecule has 0 amide bonds. The first kappa shape index (κ1) is 16.6. The molecule has 1 heterocycles. The van der Waals surface area contributed by atoms with E-state index in [0.29, 0.717) is 29.7 Å². The van der Waals surface area contributed by atoms with Crippen molar-refractivity contribution in [2.45, 2.75) is 32.3 Å². The molecule has 1 aromatic heterocycles. The van der Waals surface area contributed by atoms with Crippen LogP contribution in [0.15, 0.2) is 34.2 Å². The van der Waals surface area contributed by atoms with E-state index in [1.165, 1.54) is 11.8 Å². The molecule has 0 spiro atoms. The van der Waals surface area contributed by atoms with E-state index in [1.54, 1.807) is 0 Å². The van der Waals surface area contributed by atoms with Crippen LogP contribution in [0.4, 0.5) is 0 Å². The topological polar surface area (TPSA) is 55.0 Å². The molecule has 2 rings (SSSR count). The van der Waals surface area contributed by atoms with Crippen molar-refractivity contribution < 1.29 is 4.74 Å². The highest BCUT2D eigenvalue weighted by Gasteiger charge is 2.12. The summed E-state index contributed by atoms with van der Waals surface area (Å²) in [5.74, 6) is 1.30. The molecule has 0 bridgehead atoms. The van der Waals surface area contributed by atoms with Crippen molar-refractivity contribution in [1.82, 2.24) is 9.97 Å². The fourth-order valence-electron chi connectivity index (χ4n) is 2.13. The lowest BCUT2D eigenvalue weighted by molar-refractivity contribution is 0.269. The Labute approximate surface area is 135 Å². The summed E-state index contributed by atoms with van der Waals surface area (Å²) >= 11 is 1.44. The number of benzene rings is 1. The zero-order chi connectivity index (χ0) is 16.1. The maximum Gasteiger partial charge on any atom is 0.255 e. The summed E-state index contributed by atoms with van der Waals surface area (Å²) in [4.78, 5) is 19.5. The van der Waals surface area contributed by atoms with E-state index in [-0.39, 0.29) is 5.56 Å². The van der Waals surface area contributed by atoms with Crippen LogP contribution in [-0.2, 0) is 6.42 Å². The first-order valence-electron chi connectivity index (χ1n) is 7.35. The van der Waals surface area contributed by atoms with Gasteiger partial charge in [-0.2, -0.15) is 0 Å². The summed E-state index contributed by atoms with van der Waals surface area (Å²) < 4.78 is 5.86. The quantitative estimate of drug-likeness (QED) is 0.655. The van der Waals surface area contributed by atoms with Gasteiger partial charge in [0.15, 0.2) is 5.16 Å². The fourth-order valence-corrected chi connectivity index (χ4v) is 2.55. The Morgan fingerprint density at radius 2 is 2.05 bits per heavy atom. The van der Waals surface area contributed by atoms with Crippen LogP contribution in [0.2, 0.25) is 0 Å². The number of rotatable bonds is 6. The van der Waals surface area contributed by atoms with Gasteiger partial charge in [0, 0.05) is 17.7 Å². The second kappa shape index (κ2) is 7.49.